The molecule has 2 N–H and O–H groups in total. The summed E-state index contributed by atoms with van der Waals surface area (Å²) in [5.41, 5.74) is 1.57. The summed E-state index contributed by atoms with van der Waals surface area (Å²) >= 11 is 1.45. The summed E-state index contributed by atoms with van der Waals surface area (Å²) in [7, 11) is 0. The third-order valence-electron chi connectivity index (χ3n) is 2.71. The third-order valence-corrected chi connectivity index (χ3v) is 3.63. The molecule has 1 aromatic carbocycles. The molecule has 2 aromatic rings. The molecule has 102 valence electrons. The van der Waals surface area contributed by atoms with Crippen LogP contribution in [-0.2, 0) is 16.0 Å². The van der Waals surface area contributed by atoms with Crippen molar-refractivity contribution in [1.29, 1.82) is 0 Å². The van der Waals surface area contributed by atoms with Gasteiger partial charge in [-0.3, -0.25) is 4.79 Å². The Labute approximate surface area is 119 Å². The number of rotatable bonds is 5. The first kappa shape index (κ1) is 14.0. The van der Waals surface area contributed by atoms with Crippen molar-refractivity contribution in [3.8, 4) is 0 Å². The predicted octanol–water partition coefficient (Wildman–Crippen LogP) is 2.89. The number of aliphatic hydroxyl groups is 1. The second-order valence-electron chi connectivity index (χ2n) is 4.12. The summed E-state index contributed by atoms with van der Waals surface area (Å²) in [6.07, 6.45) is 1.35. The Kier molecular flexibility index (Phi) is 4.32. The van der Waals surface area contributed by atoms with Crippen LogP contribution in [0.25, 0.3) is 5.76 Å². The van der Waals surface area contributed by atoms with E-state index in [4.69, 9.17) is 5.11 Å². The van der Waals surface area contributed by atoms with Crippen molar-refractivity contribution in [2.45, 2.75) is 6.42 Å². The van der Waals surface area contributed by atoms with E-state index in [9.17, 15) is 14.7 Å². The normalized spacial score (nSPS) is 11.3. The van der Waals surface area contributed by atoms with Crippen LogP contribution in [0.4, 0.5) is 0 Å². The number of carbonyl (C=O) groups is 2. The Morgan fingerprint density at radius 2 is 1.80 bits per heavy atom. The summed E-state index contributed by atoms with van der Waals surface area (Å²) in [5.74, 6) is -3.04. The monoisotopic (exact) mass is 288 g/mol. The van der Waals surface area contributed by atoms with Crippen LogP contribution in [0.3, 0.4) is 0 Å². The van der Waals surface area contributed by atoms with Crippen LogP contribution in [0.1, 0.15) is 16.0 Å². The van der Waals surface area contributed by atoms with E-state index in [2.05, 4.69) is 0 Å². The van der Waals surface area contributed by atoms with Gasteiger partial charge in [-0.2, -0.15) is 0 Å². The van der Waals surface area contributed by atoms with E-state index in [1.54, 1.807) is 11.4 Å². The summed E-state index contributed by atoms with van der Waals surface area (Å²) in [6.45, 7) is 0. The minimum Gasteiger partial charge on any atom is -0.507 e. The van der Waals surface area contributed by atoms with Gasteiger partial charge in [-0.25, -0.2) is 4.79 Å². The fraction of sp³-hybridized carbons (Fsp3) is 0.0667. The summed E-state index contributed by atoms with van der Waals surface area (Å²) < 4.78 is 0. The molecule has 0 amide bonds. The summed E-state index contributed by atoms with van der Waals surface area (Å²) in [6, 6.07) is 11.4. The van der Waals surface area contributed by atoms with E-state index < -0.39 is 11.8 Å². The fourth-order valence-corrected chi connectivity index (χ4v) is 2.67. The number of carboxylic acid groups (broad SMARTS) is 1. The highest BCUT2D eigenvalue weighted by Gasteiger charge is 2.14. The first-order valence-corrected chi connectivity index (χ1v) is 6.74. The Balaban J connectivity index is 2.25. The van der Waals surface area contributed by atoms with Gasteiger partial charge in [-0.1, -0.05) is 30.3 Å². The molecule has 20 heavy (non-hydrogen) atoms. The van der Waals surface area contributed by atoms with Crippen molar-refractivity contribution in [2.75, 3.05) is 0 Å². The maximum Gasteiger partial charge on any atom is 0.376 e. The molecule has 0 aliphatic rings. The molecule has 0 saturated heterocycles. The highest BCUT2D eigenvalue weighted by Crippen LogP contribution is 2.25. The van der Waals surface area contributed by atoms with Gasteiger partial charge in [0.1, 0.15) is 5.76 Å². The topological polar surface area (TPSA) is 74.6 Å². The maximum absolute atomic E-state index is 11.1. The van der Waals surface area contributed by atoms with Crippen LogP contribution in [-0.4, -0.2) is 22.0 Å². The molecule has 1 aromatic heterocycles. The number of hydrogen-bond donors (Lipinski definition) is 2. The Morgan fingerprint density at radius 3 is 2.45 bits per heavy atom. The fourth-order valence-electron chi connectivity index (χ4n) is 1.75. The number of aliphatic carboxylic acids is 1. The lowest BCUT2D eigenvalue weighted by molar-refractivity contribution is -0.146. The maximum atomic E-state index is 11.1. The van der Waals surface area contributed by atoms with Crippen molar-refractivity contribution >= 4 is 28.8 Å². The summed E-state index contributed by atoms with van der Waals surface area (Å²) in [4.78, 5) is 22.4. The lowest BCUT2D eigenvalue weighted by Crippen LogP contribution is -2.09. The average Bonchev–Trinajstić information content (AvgIpc) is 2.88. The number of aliphatic hydroxyl groups excluding tert-OH is 1. The quantitative estimate of drug-likeness (QED) is 0.504. The van der Waals surface area contributed by atoms with Crippen molar-refractivity contribution in [3.63, 3.8) is 0 Å². The predicted molar refractivity (Wildman–Crippen MR) is 76.8 cm³/mol. The van der Waals surface area contributed by atoms with E-state index in [1.807, 2.05) is 30.3 Å². The largest absolute Gasteiger partial charge is 0.507 e. The number of hydrogen-bond acceptors (Lipinski definition) is 4. The zero-order valence-corrected chi connectivity index (χ0v) is 11.3. The molecule has 0 spiro atoms. The summed E-state index contributed by atoms with van der Waals surface area (Å²) in [5, 5.41) is 20.2. The van der Waals surface area contributed by atoms with E-state index in [0.29, 0.717) is 12.0 Å². The van der Waals surface area contributed by atoms with Gasteiger partial charge in [-0.05, 0) is 17.0 Å². The van der Waals surface area contributed by atoms with Crippen LogP contribution in [0, 0.1) is 0 Å². The molecule has 2 rings (SSSR count). The van der Waals surface area contributed by atoms with Crippen molar-refractivity contribution in [3.05, 3.63) is 63.9 Å². The van der Waals surface area contributed by atoms with E-state index in [-0.39, 0.29) is 5.76 Å². The lowest BCUT2D eigenvalue weighted by atomic mass is 10.1. The molecular weight excluding hydrogens is 276 g/mol. The highest BCUT2D eigenvalue weighted by atomic mass is 32.1. The zero-order valence-electron chi connectivity index (χ0n) is 10.4. The Bertz CT molecular complexity index is 656. The van der Waals surface area contributed by atoms with Gasteiger partial charge in [0.15, 0.2) is 0 Å². The SMILES string of the molecule is O=C(O)C(=O)/C=C(\O)c1ccsc1Cc1ccccc1. The molecule has 0 radical (unpaired) electrons. The molecule has 0 aliphatic carbocycles. The van der Waals surface area contributed by atoms with Crippen LogP contribution in [0.5, 0.6) is 0 Å². The molecule has 1 heterocycles. The minimum absolute atomic E-state index is 0.315. The van der Waals surface area contributed by atoms with Gasteiger partial charge in [0.05, 0.1) is 0 Å². The molecule has 4 nitrogen and oxygen atoms in total. The van der Waals surface area contributed by atoms with Crippen LogP contribution >= 0.6 is 11.3 Å². The first-order chi connectivity index (χ1) is 9.58. The number of benzene rings is 1. The molecule has 0 saturated carbocycles. The molecule has 0 bridgehead atoms. The van der Waals surface area contributed by atoms with E-state index in [1.165, 1.54) is 11.3 Å². The number of carboxylic acids is 1. The second kappa shape index (κ2) is 6.16. The molecule has 5 heteroatoms. The van der Waals surface area contributed by atoms with E-state index in [0.717, 1.165) is 16.5 Å². The van der Waals surface area contributed by atoms with Crippen LogP contribution in [0.2, 0.25) is 0 Å². The first-order valence-electron chi connectivity index (χ1n) is 5.86. The Hall–Kier alpha value is -2.40. The van der Waals surface area contributed by atoms with Gasteiger partial charge in [-0.15, -0.1) is 11.3 Å². The zero-order chi connectivity index (χ0) is 14.5. The highest BCUT2D eigenvalue weighted by molar-refractivity contribution is 7.10. The molecular formula is C15H12O4S. The number of ketones is 1. The molecule has 0 atom stereocenters. The van der Waals surface area contributed by atoms with Crippen LogP contribution in [0.15, 0.2) is 47.9 Å². The Morgan fingerprint density at radius 1 is 1.10 bits per heavy atom. The molecule has 0 fully saturated rings. The standard InChI is InChI=1S/C15H12O4S/c16-12(9-13(17)15(18)19)11-6-7-20-14(11)8-10-4-2-1-3-5-10/h1-7,9,16H,8H2,(H,18,19)/b12-9-. The van der Waals surface area contributed by atoms with Gasteiger partial charge in [0, 0.05) is 22.9 Å². The van der Waals surface area contributed by atoms with Gasteiger partial charge in [0.25, 0.3) is 5.78 Å². The van der Waals surface area contributed by atoms with Crippen molar-refractivity contribution in [2.24, 2.45) is 0 Å². The van der Waals surface area contributed by atoms with Crippen molar-refractivity contribution in [1.82, 2.24) is 0 Å². The molecule has 0 aliphatic heterocycles. The smallest absolute Gasteiger partial charge is 0.376 e. The van der Waals surface area contributed by atoms with E-state index >= 15 is 0 Å². The average molecular weight is 288 g/mol. The van der Waals surface area contributed by atoms with Gasteiger partial charge in [0.2, 0.25) is 0 Å². The minimum atomic E-state index is -1.59. The third kappa shape index (κ3) is 3.33. The lowest BCUT2D eigenvalue weighted by Gasteiger charge is -2.03. The number of carbonyl (C=O) groups excluding carboxylic acids is 1. The molecule has 0 unspecified atom stereocenters. The number of thiophene rings is 1. The van der Waals surface area contributed by atoms with Crippen LogP contribution < -0.4 is 0 Å². The van der Waals surface area contributed by atoms with Gasteiger partial charge >= 0.3 is 5.97 Å². The van der Waals surface area contributed by atoms with Crippen molar-refractivity contribution < 1.29 is 19.8 Å². The second-order valence-corrected chi connectivity index (χ2v) is 5.12. The van der Waals surface area contributed by atoms with Gasteiger partial charge < -0.3 is 10.2 Å².